The minimum Gasteiger partial charge on any atom is -0.493 e. The summed E-state index contributed by atoms with van der Waals surface area (Å²) < 4.78 is 11.9. The van der Waals surface area contributed by atoms with Crippen LogP contribution < -0.4 is 20.3 Å². The van der Waals surface area contributed by atoms with Crippen molar-refractivity contribution in [1.82, 2.24) is 14.5 Å². The van der Waals surface area contributed by atoms with E-state index >= 15 is 0 Å². The molecule has 0 saturated carbocycles. The van der Waals surface area contributed by atoms with E-state index in [2.05, 4.69) is 29.1 Å². The number of carbonyl (C=O) groups is 1. The smallest absolute Gasteiger partial charge is 0.278 e. The Labute approximate surface area is 178 Å². The predicted octanol–water partition coefficient (Wildman–Crippen LogP) is 3.66. The highest BCUT2D eigenvalue weighted by Gasteiger charge is 2.16. The lowest BCUT2D eigenvalue weighted by Gasteiger charge is -2.09. The molecule has 0 spiro atoms. The van der Waals surface area contributed by atoms with Gasteiger partial charge in [-0.2, -0.15) is 0 Å². The second kappa shape index (κ2) is 8.14. The second-order valence-electron chi connectivity index (χ2n) is 7.60. The number of benzene rings is 2. The molecule has 2 heterocycles. The summed E-state index contributed by atoms with van der Waals surface area (Å²) in [5.41, 5.74) is 3.08. The molecule has 0 aliphatic carbocycles. The summed E-state index contributed by atoms with van der Waals surface area (Å²) in [5.74, 6) is 1.20. The van der Waals surface area contributed by atoms with E-state index in [1.807, 2.05) is 24.3 Å². The fourth-order valence-electron chi connectivity index (χ4n) is 3.54. The van der Waals surface area contributed by atoms with Crippen molar-refractivity contribution in [3.8, 4) is 11.5 Å². The molecule has 0 unspecified atom stereocenters. The Kier molecular flexibility index (Phi) is 5.37. The third-order valence-electron chi connectivity index (χ3n) is 5.25. The van der Waals surface area contributed by atoms with Gasteiger partial charge in [-0.3, -0.25) is 14.2 Å². The molecule has 0 atom stereocenters. The predicted molar refractivity (Wildman–Crippen MR) is 120 cm³/mol. The van der Waals surface area contributed by atoms with Crippen molar-refractivity contribution in [2.24, 2.45) is 0 Å². The van der Waals surface area contributed by atoms with Gasteiger partial charge in [0, 0.05) is 17.1 Å². The third kappa shape index (κ3) is 3.84. The summed E-state index contributed by atoms with van der Waals surface area (Å²) in [6, 6.07) is 11.2. The maximum Gasteiger partial charge on any atom is 0.278 e. The minimum absolute atomic E-state index is 0.143. The highest BCUT2D eigenvalue weighted by Crippen LogP contribution is 2.34. The van der Waals surface area contributed by atoms with Crippen molar-refractivity contribution in [3.05, 3.63) is 58.6 Å². The zero-order valence-corrected chi connectivity index (χ0v) is 17.9. The number of H-pyrrole nitrogens is 1. The zero-order valence-electron chi connectivity index (χ0n) is 17.9. The number of methoxy groups -OCH3 is 2. The SMILES string of the molecule is COc1cc2[nH]c3c(=O)n(CC(=O)Nc4ccc(C(C)C)cc4)cnc3c2cc1OC. The first kappa shape index (κ1) is 20.5. The summed E-state index contributed by atoms with van der Waals surface area (Å²) in [5, 5.41) is 3.56. The average Bonchev–Trinajstić information content (AvgIpc) is 3.13. The molecule has 0 saturated heterocycles. The second-order valence-corrected chi connectivity index (χ2v) is 7.60. The Balaban J connectivity index is 1.62. The molecule has 0 radical (unpaired) electrons. The molecule has 2 aromatic carbocycles. The molecule has 4 rings (SSSR count). The van der Waals surface area contributed by atoms with Gasteiger partial charge in [-0.1, -0.05) is 26.0 Å². The van der Waals surface area contributed by atoms with E-state index in [-0.39, 0.29) is 18.0 Å². The summed E-state index contributed by atoms with van der Waals surface area (Å²) in [6.07, 6.45) is 1.39. The molecule has 8 heteroatoms. The van der Waals surface area contributed by atoms with E-state index in [0.29, 0.717) is 39.7 Å². The quantitative estimate of drug-likeness (QED) is 0.496. The summed E-state index contributed by atoms with van der Waals surface area (Å²) in [4.78, 5) is 32.9. The highest BCUT2D eigenvalue weighted by atomic mass is 16.5. The fourth-order valence-corrected chi connectivity index (χ4v) is 3.54. The van der Waals surface area contributed by atoms with E-state index in [1.54, 1.807) is 26.4 Å². The van der Waals surface area contributed by atoms with Crippen LogP contribution in [0.3, 0.4) is 0 Å². The molecule has 0 fully saturated rings. The number of rotatable bonds is 6. The molecule has 0 bridgehead atoms. The molecule has 31 heavy (non-hydrogen) atoms. The van der Waals surface area contributed by atoms with Gasteiger partial charge >= 0.3 is 0 Å². The standard InChI is InChI=1S/C23H24N4O4/c1-13(2)14-5-7-15(8-6-14)25-20(28)11-27-12-24-21-16-9-18(30-3)19(31-4)10-17(16)26-22(21)23(27)29/h5-10,12-13,26H,11H2,1-4H3,(H,25,28). The molecule has 0 aliphatic rings. The van der Waals surface area contributed by atoms with Crippen LogP contribution in [0.25, 0.3) is 21.9 Å². The van der Waals surface area contributed by atoms with Crippen molar-refractivity contribution in [1.29, 1.82) is 0 Å². The van der Waals surface area contributed by atoms with Crippen LogP contribution in [-0.4, -0.2) is 34.7 Å². The number of nitrogens with zero attached hydrogens (tertiary/aromatic N) is 2. The number of hydrogen-bond acceptors (Lipinski definition) is 5. The van der Waals surface area contributed by atoms with Crippen LogP contribution in [0.1, 0.15) is 25.3 Å². The van der Waals surface area contributed by atoms with Crippen LogP contribution in [0, 0.1) is 0 Å². The summed E-state index contributed by atoms with van der Waals surface area (Å²) >= 11 is 0. The van der Waals surface area contributed by atoms with Gasteiger partial charge in [0.05, 0.1) is 26.1 Å². The largest absolute Gasteiger partial charge is 0.493 e. The number of aromatic amines is 1. The van der Waals surface area contributed by atoms with Crippen LogP contribution in [0.5, 0.6) is 11.5 Å². The van der Waals surface area contributed by atoms with Gasteiger partial charge in [0.2, 0.25) is 5.91 Å². The number of hydrogen-bond donors (Lipinski definition) is 2. The molecule has 0 aliphatic heterocycles. The van der Waals surface area contributed by atoms with E-state index in [9.17, 15) is 9.59 Å². The van der Waals surface area contributed by atoms with E-state index in [0.717, 1.165) is 5.39 Å². The van der Waals surface area contributed by atoms with Crippen LogP contribution in [-0.2, 0) is 11.3 Å². The Morgan fingerprint density at radius 2 is 1.81 bits per heavy atom. The lowest BCUT2D eigenvalue weighted by Crippen LogP contribution is -2.27. The molecular formula is C23H24N4O4. The van der Waals surface area contributed by atoms with Crippen molar-refractivity contribution in [2.75, 3.05) is 19.5 Å². The molecule has 160 valence electrons. The van der Waals surface area contributed by atoms with E-state index in [4.69, 9.17) is 9.47 Å². The third-order valence-corrected chi connectivity index (χ3v) is 5.25. The Hall–Kier alpha value is -3.81. The molecule has 1 amide bonds. The van der Waals surface area contributed by atoms with Crippen molar-refractivity contribution in [3.63, 3.8) is 0 Å². The number of fused-ring (bicyclic) bond motifs is 3. The van der Waals surface area contributed by atoms with Gasteiger partial charge in [-0.15, -0.1) is 0 Å². The molecule has 4 aromatic rings. The first-order valence-electron chi connectivity index (χ1n) is 9.94. The lowest BCUT2D eigenvalue weighted by atomic mass is 10.0. The number of nitrogens with one attached hydrogen (secondary N) is 2. The van der Waals surface area contributed by atoms with E-state index in [1.165, 1.54) is 16.5 Å². The summed E-state index contributed by atoms with van der Waals surface area (Å²) in [7, 11) is 3.10. The topological polar surface area (TPSA) is 98.2 Å². The van der Waals surface area contributed by atoms with Gasteiger partial charge in [-0.25, -0.2) is 4.98 Å². The number of anilines is 1. The first-order valence-corrected chi connectivity index (χ1v) is 9.94. The van der Waals surface area contributed by atoms with Crippen molar-refractivity contribution in [2.45, 2.75) is 26.3 Å². The fraction of sp³-hybridized carbons (Fsp3) is 0.261. The van der Waals surface area contributed by atoms with Gasteiger partial charge in [0.15, 0.2) is 11.5 Å². The Morgan fingerprint density at radius 3 is 2.45 bits per heavy atom. The Morgan fingerprint density at radius 1 is 1.13 bits per heavy atom. The van der Waals surface area contributed by atoms with Gasteiger partial charge in [-0.05, 0) is 29.7 Å². The first-order chi connectivity index (χ1) is 14.9. The maximum atomic E-state index is 13.0. The Bertz CT molecular complexity index is 1320. The zero-order chi connectivity index (χ0) is 22.1. The molecule has 2 N–H and O–H groups in total. The average molecular weight is 420 g/mol. The number of ether oxygens (including phenoxy) is 2. The van der Waals surface area contributed by atoms with Crippen LogP contribution in [0.4, 0.5) is 5.69 Å². The van der Waals surface area contributed by atoms with Crippen molar-refractivity contribution < 1.29 is 14.3 Å². The maximum absolute atomic E-state index is 13.0. The minimum atomic E-state index is -0.329. The molecule has 8 nitrogen and oxygen atoms in total. The van der Waals surface area contributed by atoms with Gasteiger partial charge in [0.25, 0.3) is 5.56 Å². The van der Waals surface area contributed by atoms with Crippen molar-refractivity contribution >= 4 is 33.5 Å². The van der Waals surface area contributed by atoms with E-state index < -0.39 is 0 Å². The van der Waals surface area contributed by atoms with Gasteiger partial charge < -0.3 is 19.8 Å². The van der Waals surface area contributed by atoms with Gasteiger partial charge in [0.1, 0.15) is 17.6 Å². The highest BCUT2D eigenvalue weighted by molar-refractivity contribution is 6.05. The van der Waals surface area contributed by atoms with Crippen LogP contribution in [0.2, 0.25) is 0 Å². The molecule has 2 aromatic heterocycles. The lowest BCUT2D eigenvalue weighted by molar-refractivity contribution is -0.116. The number of amides is 1. The number of aromatic nitrogens is 3. The number of carbonyl (C=O) groups excluding carboxylic acids is 1. The normalized spacial score (nSPS) is 11.3. The molecular weight excluding hydrogens is 396 g/mol. The monoisotopic (exact) mass is 420 g/mol. The van der Waals surface area contributed by atoms with Crippen LogP contribution >= 0.6 is 0 Å². The van der Waals surface area contributed by atoms with Crippen LogP contribution in [0.15, 0.2) is 47.5 Å². The summed E-state index contributed by atoms with van der Waals surface area (Å²) in [6.45, 7) is 4.08.